The molecule has 0 saturated heterocycles. The summed E-state index contributed by atoms with van der Waals surface area (Å²) in [5, 5.41) is 0. The first kappa shape index (κ1) is 7.53. The van der Waals surface area contributed by atoms with Crippen molar-refractivity contribution in [3.8, 4) is 0 Å². The molecule has 0 unspecified atom stereocenters. The number of rotatable bonds is 0. The zero-order valence-electron chi connectivity index (χ0n) is 4.30. The minimum atomic E-state index is 0. The SMILES string of the molecule is Nc1ccccc1.[Co]. The zero-order chi connectivity index (χ0) is 5.11. The molecule has 0 atom stereocenters. The maximum absolute atomic E-state index is 5.36. The first-order valence-corrected chi connectivity index (χ1v) is 2.20. The number of nitrogens with two attached hydrogens (primary N) is 1. The van der Waals surface area contributed by atoms with Crippen molar-refractivity contribution in [2.45, 2.75) is 0 Å². The molecule has 45 valence electrons. The predicted molar refractivity (Wildman–Crippen MR) is 30.9 cm³/mol. The Morgan fingerprint density at radius 1 is 1.00 bits per heavy atom. The maximum atomic E-state index is 5.36. The monoisotopic (exact) mass is 152 g/mol. The number of para-hydroxylation sites is 1. The molecule has 0 saturated carbocycles. The molecule has 1 radical (unpaired) electrons. The van der Waals surface area contributed by atoms with Crippen LogP contribution in [-0.2, 0) is 16.8 Å². The molecule has 0 heterocycles. The Hall–Kier alpha value is -0.474. The molecule has 1 aromatic carbocycles. The Morgan fingerprint density at radius 2 is 1.50 bits per heavy atom. The van der Waals surface area contributed by atoms with Crippen molar-refractivity contribution in [3.05, 3.63) is 30.3 Å². The van der Waals surface area contributed by atoms with Crippen LogP contribution >= 0.6 is 0 Å². The van der Waals surface area contributed by atoms with Gasteiger partial charge in [0.05, 0.1) is 0 Å². The van der Waals surface area contributed by atoms with Gasteiger partial charge in [-0.05, 0) is 12.1 Å². The third-order valence-electron chi connectivity index (χ3n) is 0.800. The molecule has 1 nitrogen and oxygen atoms in total. The Morgan fingerprint density at radius 3 is 1.75 bits per heavy atom. The predicted octanol–water partition coefficient (Wildman–Crippen LogP) is 1.27. The van der Waals surface area contributed by atoms with Crippen molar-refractivity contribution < 1.29 is 16.8 Å². The Labute approximate surface area is 59.1 Å². The summed E-state index contributed by atoms with van der Waals surface area (Å²) in [7, 11) is 0. The normalized spacial score (nSPS) is 7.50. The van der Waals surface area contributed by atoms with E-state index in [0.29, 0.717) is 0 Å². The van der Waals surface area contributed by atoms with Crippen LogP contribution in [-0.4, -0.2) is 0 Å². The Kier molecular flexibility index (Phi) is 3.31. The fourth-order valence-electron chi connectivity index (χ4n) is 0.453. The minimum absolute atomic E-state index is 0. The molecule has 0 amide bonds. The van der Waals surface area contributed by atoms with Gasteiger partial charge in [0.2, 0.25) is 0 Å². The molecule has 2 heteroatoms. The van der Waals surface area contributed by atoms with Crippen LogP contribution in [0.5, 0.6) is 0 Å². The first-order chi connectivity index (χ1) is 3.39. The van der Waals surface area contributed by atoms with Crippen LogP contribution in [0.4, 0.5) is 5.69 Å². The van der Waals surface area contributed by atoms with Crippen LogP contribution in [0.15, 0.2) is 30.3 Å². The van der Waals surface area contributed by atoms with Gasteiger partial charge >= 0.3 is 0 Å². The molecular weight excluding hydrogens is 145 g/mol. The van der Waals surface area contributed by atoms with Gasteiger partial charge in [0.25, 0.3) is 0 Å². The van der Waals surface area contributed by atoms with Crippen LogP contribution < -0.4 is 5.73 Å². The zero-order valence-corrected chi connectivity index (χ0v) is 5.34. The number of nitrogen functional groups attached to an aromatic ring is 1. The van der Waals surface area contributed by atoms with Crippen LogP contribution in [0.3, 0.4) is 0 Å². The average Bonchev–Trinajstić information content (AvgIpc) is 1.69. The van der Waals surface area contributed by atoms with E-state index in [1.54, 1.807) is 0 Å². The number of benzene rings is 1. The summed E-state index contributed by atoms with van der Waals surface area (Å²) in [4.78, 5) is 0. The number of anilines is 1. The third-order valence-corrected chi connectivity index (χ3v) is 0.800. The van der Waals surface area contributed by atoms with Gasteiger partial charge in [-0.15, -0.1) is 0 Å². The van der Waals surface area contributed by atoms with Gasteiger partial charge in [0.15, 0.2) is 0 Å². The average molecular weight is 152 g/mol. The van der Waals surface area contributed by atoms with Crippen LogP contribution in [0.1, 0.15) is 0 Å². The molecule has 0 aromatic heterocycles. The second-order valence-electron chi connectivity index (χ2n) is 1.41. The van der Waals surface area contributed by atoms with Crippen molar-refractivity contribution in [2.24, 2.45) is 0 Å². The van der Waals surface area contributed by atoms with Crippen molar-refractivity contribution in [2.75, 3.05) is 5.73 Å². The Balaban J connectivity index is 0.000000490. The van der Waals surface area contributed by atoms with Crippen molar-refractivity contribution in [3.63, 3.8) is 0 Å². The van der Waals surface area contributed by atoms with E-state index in [2.05, 4.69) is 0 Å². The summed E-state index contributed by atoms with van der Waals surface area (Å²) in [5.74, 6) is 0. The number of hydrogen-bond acceptors (Lipinski definition) is 1. The van der Waals surface area contributed by atoms with Crippen LogP contribution in [0.25, 0.3) is 0 Å². The minimum Gasteiger partial charge on any atom is -0.399 e. The summed E-state index contributed by atoms with van der Waals surface area (Å²) in [6.45, 7) is 0. The Bertz CT molecular complexity index is 138. The topological polar surface area (TPSA) is 26.0 Å². The quantitative estimate of drug-likeness (QED) is 0.556. The molecule has 0 aliphatic rings. The largest absolute Gasteiger partial charge is 0.399 e. The van der Waals surface area contributed by atoms with Gasteiger partial charge in [-0.3, -0.25) is 0 Å². The van der Waals surface area contributed by atoms with E-state index < -0.39 is 0 Å². The van der Waals surface area contributed by atoms with E-state index in [9.17, 15) is 0 Å². The van der Waals surface area contributed by atoms with E-state index >= 15 is 0 Å². The number of hydrogen-bond donors (Lipinski definition) is 1. The standard InChI is InChI=1S/C6H7N.Co/c7-6-4-2-1-3-5-6;/h1-5H,7H2;. The summed E-state index contributed by atoms with van der Waals surface area (Å²) in [6, 6.07) is 9.49. The van der Waals surface area contributed by atoms with Gasteiger partial charge < -0.3 is 5.73 Å². The van der Waals surface area contributed by atoms with Crippen molar-refractivity contribution >= 4 is 5.69 Å². The molecule has 8 heavy (non-hydrogen) atoms. The molecule has 0 aliphatic carbocycles. The molecule has 0 bridgehead atoms. The van der Waals surface area contributed by atoms with Crippen LogP contribution in [0.2, 0.25) is 0 Å². The van der Waals surface area contributed by atoms with Crippen molar-refractivity contribution in [1.82, 2.24) is 0 Å². The van der Waals surface area contributed by atoms with E-state index in [0.717, 1.165) is 5.69 Å². The summed E-state index contributed by atoms with van der Waals surface area (Å²) in [6.07, 6.45) is 0. The van der Waals surface area contributed by atoms with Crippen molar-refractivity contribution in [1.29, 1.82) is 0 Å². The van der Waals surface area contributed by atoms with E-state index in [4.69, 9.17) is 5.73 Å². The van der Waals surface area contributed by atoms with E-state index in [1.165, 1.54) is 0 Å². The molecule has 2 N–H and O–H groups in total. The fourth-order valence-corrected chi connectivity index (χ4v) is 0.453. The van der Waals surface area contributed by atoms with Crippen LogP contribution in [0, 0.1) is 0 Å². The molecular formula is C6H7CoN. The summed E-state index contributed by atoms with van der Waals surface area (Å²) < 4.78 is 0. The van der Waals surface area contributed by atoms with E-state index in [1.807, 2.05) is 30.3 Å². The van der Waals surface area contributed by atoms with E-state index in [-0.39, 0.29) is 16.8 Å². The first-order valence-electron chi connectivity index (χ1n) is 2.20. The smallest absolute Gasteiger partial charge is 0.0313 e. The van der Waals surface area contributed by atoms with Gasteiger partial charge in [0.1, 0.15) is 0 Å². The molecule has 1 aromatic rings. The van der Waals surface area contributed by atoms with Gasteiger partial charge in [-0.25, -0.2) is 0 Å². The second-order valence-corrected chi connectivity index (χ2v) is 1.41. The summed E-state index contributed by atoms with van der Waals surface area (Å²) >= 11 is 0. The maximum Gasteiger partial charge on any atom is 0.0313 e. The summed E-state index contributed by atoms with van der Waals surface area (Å²) in [5.41, 5.74) is 6.18. The third kappa shape index (κ3) is 2.00. The second kappa shape index (κ2) is 3.52. The molecule has 0 fully saturated rings. The molecule has 0 spiro atoms. The van der Waals surface area contributed by atoms with Gasteiger partial charge in [-0.1, -0.05) is 18.2 Å². The van der Waals surface area contributed by atoms with Gasteiger partial charge in [-0.2, -0.15) is 0 Å². The molecule has 0 aliphatic heterocycles. The fraction of sp³-hybridized carbons (Fsp3) is 0. The van der Waals surface area contributed by atoms with Gasteiger partial charge in [0, 0.05) is 22.5 Å². The molecule has 1 rings (SSSR count).